The minimum absolute atomic E-state index is 0.195. The molecule has 4 nitrogen and oxygen atoms in total. The van der Waals surface area contributed by atoms with E-state index >= 15 is 0 Å². The predicted octanol–water partition coefficient (Wildman–Crippen LogP) is 7.56. The number of carbonyl (C=O) groups is 1. The van der Waals surface area contributed by atoms with Crippen LogP contribution in [0, 0.1) is 0 Å². The van der Waals surface area contributed by atoms with Gasteiger partial charge >= 0.3 is 5.97 Å². The average Bonchev–Trinajstić information content (AvgIpc) is 3.18. The number of nitrogens with zero attached hydrogens (tertiary/aromatic N) is 2. The zero-order valence-corrected chi connectivity index (χ0v) is 18.9. The van der Waals surface area contributed by atoms with Crippen molar-refractivity contribution in [3.05, 3.63) is 89.8 Å². The summed E-state index contributed by atoms with van der Waals surface area (Å²) < 4.78 is 6.92. The van der Waals surface area contributed by atoms with Gasteiger partial charge in [0.1, 0.15) is 0 Å². The molecule has 0 aliphatic heterocycles. The average molecular weight is 443 g/mol. The Bertz CT molecular complexity index is 1150. The van der Waals surface area contributed by atoms with Crippen molar-refractivity contribution in [3.8, 4) is 5.75 Å². The summed E-state index contributed by atoms with van der Waals surface area (Å²) in [6.45, 7) is 2.12. The number of thiophene rings is 1. The standard InChI is InChI=1S/C27H26N2O2S/c1-2-3-6-19-26(30)31-27-23-17-11-12-18-24(23)32-25(27)20-28-29(21-13-7-4-8-14-21)22-15-9-5-10-16-22/h4-5,7-18,20H,2-3,6,19H2,1H3/b28-20+. The molecule has 0 aliphatic rings. The molecule has 32 heavy (non-hydrogen) atoms. The topological polar surface area (TPSA) is 41.9 Å². The molecule has 0 saturated heterocycles. The number of esters is 1. The predicted molar refractivity (Wildman–Crippen MR) is 134 cm³/mol. The van der Waals surface area contributed by atoms with Crippen LogP contribution in [0.4, 0.5) is 11.4 Å². The lowest BCUT2D eigenvalue weighted by Gasteiger charge is -2.19. The third kappa shape index (κ3) is 5.24. The second-order valence-corrected chi connectivity index (χ2v) is 8.53. The van der Waals surface area contributed by atoms with Crippen LogP contribution in [0.25, 0.3) is 10.1 Å². The molecule has 1 aromatic heterocycles. The molecule has 0 unspecified atom stereocenters. The Morgan fingerprint density at radius 2 is 1.53 bits per heavy atom. The number of hydrogen-bond acceptors (Lipinski definition) is 5. The second kappa shape index (κ2) is 10.7. The summed E-state index contributed by atoms with van der Waals surface area (Å²) in [4.78, 5) is 13.3. The lowest BCUT2D eigenvalue weighted by molar-refractivity contribution is -0.134. The van der Waals surface area contributed by atoms with E-state index in [0.717, 1.165) is 45.6 Å². The van der Waals surface area contributed by atoms with Gasteiger partial charge in [0.2, 0.25) is 0 Å². The Morgan fingerprint density at radius 1 is 0.906 bits per heavy atom. The van der Waals surface area contributed by atoms with Gasteiger partial charge in [-0.1, -0.05) is 68.3 Å². The number of unbranched alkanes of at least 4 members (excludes halogenated alkanes) is 2. The van der Waals surface area contributed by atoms with Crippen molar-refractivity contribution in [1.82, 2.24) is 0 Å². The number of benzene rings is 3. The number of anilines is 2. The first-order valence-electron chi connectivity index (χ1n) is 10.9. The Kier molecular flexibility index (Phi) is 7.31. The SMILES string of the molecule is CCCCCC(=O)Oc1c(/C=N/N(c2ccccc2)c2ccccc2)sc2ccccc12. The molecule has 3 aromatic carbocycles. The van der Waals surface area contributed by atoms with Crippen LogP contribution >= 0.6 is 11.3 Å². The number of ether oxygens (including phenoxy) is 1. The van der Waals surface area contributed by atoms with Gasteiger partial charge in [-0.25, -0.2) is 5.01 Å². The first kappa shape index (κ1) is 21.8. The number of hydrogen-bond donors (Lipinski definition) is 0. The van der Waals surface area contributed by atoms with Crippen molar-refractivity contribution < 1.29 is 9.53 Å². The highest BCUT2D eigenvalue weighted by atomic mass is 32.1. The number of hydrazone groups is 1. The van der Waals surface area contributed by atoms with Crippen LogP contribution in [0.5, 0.6) is 5.75 Å². The number of fused-ring (bicyclic) bond motifs is 1. The van der Waals surface area contributed by atoms with Gasteiger partial charge in [0.05, 0.1) is 22.5 Å². The van der Waals surface area contributed by atoms with Gasteiger partial charge in [0.25, 0.3) is 0 Å². The lowest BCUT2D eigenvalue weighted by atomic mass is 10.2. The van der Waals surface area contributed by atoms with Gasteiger partial charge in [-0.3, -0.25) is 4.79 Å². The minimum Gasteiger partial charge on any atom is -0.424 e. The summed E-state index contributed by atoms with van der Waals surface area (Å²) in [6, 6.07) is 28.0. The van der Waals surface area contributed by atoms with Gasteiger partial charge in [-0.2, -0.15) is 5.10 Å². The highest BCUT2D eigenvalue weighted by Gasteiger charge is 2.16. The first-order chi connectivity index (χ1) is 15.8. The number of para-hydroxylation sites is 2. The Balaban J connectivity index is 1.68. The molecule has 1 heterocycles. The van der Waals surface area contributed by atoms with Crippen LogP contribution < -0.4 is 9.75 Å². The second-order valence-electron chi connectivity index (χ2n) is 7.45. The summed E-state index contributed by atoms with van der Waals surface area (Å²) in [6.07, 6.45) is 5.16. The summed E-state index contributed by atoms with van der Waals surface area (Å²) >= 11 is 1.57. The van der Waals surface area contributed by atoms with E-state index in [2.05, 4.69) is 6.92 Å². The molecule has 4 aromatic rings. The first-order valence-corrected chi connectivity index (χ1v) is 11.7. The van der Waals surface area contributed by atoms with Gasteiger partial charge in [-0.15, -0.1) is 11.3 Å². The quantitative estimate of drug-likeness (QED) is 0.116. The highest BCUT2D eigenvalue weighted by Crippen LogP contribution is 2.37. The normalized spacial score (nSPS) is 11.2. The molecule has 0 amide bonds. The van der Waals surface area contributed by atoms with Crippen LogP contribution in [-0.4, -0.2) is 12.2 Å². The Labute approximate surface area is 192 Å². The van der Waals surface area contributed by atoms with E-state index in [-0.39, 0.29) is 5.97 Å². The Hall–Kier alpha value is -3.44. The van der Waals surface area contributed by atoms with Crippen molar-refractivity contribution in [2.45, 2.75) is 32.6 Å². The van der Waals surface area contributed by atoms with E-state index in [1.54, 1.807) is 17.6 Å². The van der Waals surface area contributed by atoms with E-state index in [1.807, 2.05) is 89.9 Å². The summed E-state index contributed by atoms with van der Waals surface area (Å²) in [7, 11) is 0. The molecule has 4 rings (SSSR count). The fourth-order valence-corrected chi connectivity index (χ4v) is 4.44. The smallest absolute Gasteiger partial charge is 0.311 e. The molecule has 0 spiro atoms. The van der Waals surface area contributed by atoms with Gasteiger partial charge < -0.3 is 4.74 Å². The van der Waals surface area contributed by atoms with E-state index in [0.29, 0.717) is 12.2 Å². The van der Waals surface area contributed by atoms with Crippen molar-refractivity contribution in [3.63, 3.8) is 0 Å². The van der Waals surface area contributed by atoms with Crippen LogP contribution in [-0.2, 0) is 4.79 Å². The van der Waals surface area contributed by atoms with E-state index < -0.39 is 0 Å². The molecule has 0 fully saturated rings. The third-order valence-electron chi connectivity index (χ3n) is 5.07. The molecule has 0 radical (unpaired) electrons. The van der Waals surface area contributed by atoms with E-state index in [4.69, 9.17) is 9.84 Å². The van der Waals surface area contributed by atoms with Crippen molar-refractivity contribution in [1.29, 1.82) is 0 Å². The largest absolute Gasteiger partial charge is 0.424 e. The maximum Gasteiger partial charge on any atom is 0.311 e. The monoisotopic (exact) mass is 442 g/mol. The number of rotatable bonds is 9. The molecular weight excluding hydrogens is 416 g/mol. The summed E-state index contributed by atoms with van der Waals surface area (Å²) in [5, 5.41) is 7.63. The summed E-state index contributed by atoms with van der Waals surface area (Å²) in [5.41, 5.74) is 1.91. The highest BCUT2D eigenvalue weighted by molar-refractivity contribution is 7.21. The number of carbonyl (C=O) groups excluding carboxylic acids is 1. The van der Waals surface area contributed by atoms with Crippen molar-refractivity contribution in [2.75, 3.05) is 5.01 Å². The zero-order chi connectivity index (χ0) is 22.2. The van der Waals surface area contributed by atoms with Gasteiger partial charge in [-0.05, 0) is 42.8 Å². The molecule has 0 atom stereocenters. The molecule has 0 bridgehead atoms. The van der Waals surface area contributed by atoms with Crippen LogP contribution in [0.1, 0.15) is 37.5 Å². The zero-order valence-electron chi connectivity index (χ0n) is 18.1. The molecular formula is C27H26N2O2S. The van der Waals surface area contributed by atoms with Crippen molar-refractivity contribution in [2.24, 2.45) is 5.10 Å². The third-order valence-corrected chi connectivity index (χ3v) is 6.15. The molecule has 0 aliphatic carbocycles. The fraction of sp³-hybridized carbons (Fsp3) is 0.185. The molecule has 0 saturated carbocycles. The fourth-order valence-electron chi connectivity index (χ4n) is 3.45. The van der Waals surface area contributed by atoms with Crippen molar-refractivity contribution >= 4 is 45.0 Å². The Morgan fingerprint density at radius 3 is 2.19 bits per heavy atom. The lowest BCUT2D eigenvalue weighted by Crippen LogP contribution is -2.10. The maximum atomic E-state index is 12.5. The van der Waals surface area contributed by atoms with E-state index in [9.17, 15) is 4.79 Å². The molecule has 5 heteroatoms. The van der Waals surface area contributed by atoms with Crippen LogP contribution in [0.2, 0.25) is 0 Å². The van der Waals surface area contributed by atoms with Crippen LogP contribution in [0.15, 0.2) is 90.0 Å². The van der Waals surface area contributed by atoms with Gasteiger partial charge in [0.15, 0.2) is 5.75 Å². The molecule has 0 N–H and O–H groups in total. The molecule has 162 valence electrons. The summed E-state index contributed by atoms with van der Waals surface area (Å²) in [5.74, 6) is 0.400. The minimum atomic E-state index is -0.195. The van der Waals surface area contributed by atoms with Gasteiger partial charge in [0, 0.05) is 16.5 Å². The van der Waals surface area contributed by atoms with Crippen LogP contribution in [0.3, 0.4) is 0 Å². The van der Waals surface area contributed by atoms with E-state index in [1.165, 1.54) is 0 Å². The maximum absolute atomic E-state index is 12.5.